The van der Waals surface area contributed by atoms with Crippen LogP contribution in [0.1, 0.15) is 46.5 Å². The van der Waals surface area contributed by atoms with Crippen molar-refractivity contribution >= 4 is 27.7 Å². The number of furan rings is 1. The average Bonchev–Trinajstić information content (AvgIpc) is 3.80. The van der Waals surface area contributed by atoms with Gasteiger partial charge in [0.05, 0.1) is 24.1 Å². The highest BCUT2D eigenvalue weighted by Crippen LogP contribution is 2.45. The number of nitrogens with two attached hydrogens (primary N) is 1. The molecule has 42 heavy (non-hydrogen) atoms. The smallest absolute Gasteiger partial charge is 0.317 e. The van der Waals surface area contributed by atoms with Gasteiger partial charge in [0, 0.05) is 18.5 Å². The molecule has 4 N–H and O–H groups in total. The Hall–Kier alpha value is -3.78. The fourth-order valence-electron chi connectivity index (χ4n) is 5.05. The predicted molar refractivity (Wildman–Crippen MR) is 151 cm³/mol. The molecule has 13 nitrogen and oxygen atoms in total. The van der Waals surface area contributed by atoms with Crippen molar-refractivity contribution in [1.82, 2.24) is 24.9 Å². The number of sulfonamides is 1. The normalized spacial score (nSPS) is 26.3. The molecule has 2 aliphatic carbocycles. The van der Waals surface area contributed by atoms with Crippen LogP contribution in [0.2, 0.25) is 0 Å². The standard InChI is InChI=1S/C28H36N6O7S/c1-5-16-14-28(16,25(37)33-42(38,39)18-8-9-18)32-23(35)20-13-17(15-34(20)24(36)22(29)27(2,3)4)41-26-30-11-10-19(31-26)21-7-6-12-40-21/h5-7,10-12,16-18,20,22H,1,8-9,13-15,29H2,2-4H3,(H,32,35)(H,33,37). The molecule has 0 bridgehead atoms. The van der Waals surface area contributed by atoms with E-state index in [2.05, 4.69) is 26.6 Å². The summed E-state index contributed by atoms with van der Waals surface area (Å²) in [5, 5.41) is 2.14. The van der Waals surface area contributed by atoms with Crippen molar-refractivity contribution in [2.24, 2.45) is 17.1 Å². The van der Waals surface area contributed by atoms with Gasteiger partial charge in [0.1, 0.15) is 23.4 Å². The van der Waals surface area contributed by atoms with E-state index in [1.54, 1.807) is 18.2 Å². The largest absolute Gasteiger partial charge is 0.463 e. The van der Waals surface area contributed by atoms with E-state index in [0.29, 0.717) is 24.3 Å². The van der Waals surface area contributed by atoms with Crippen molar-refractivity contribution in [2.45, 2.75) is 75.4 Å². The summed E-state index contributed by atoms with van der Waals surface area (Å²) in [6, 6.07) is 3.21. The van der Waals surface area contributed by atoms with E-state index in [1.165, 1.54) is 23.4 Å². The molecule has 1 aliphatic heterocycles. The molecule has 3 amide bonds. The summed E-state index contributed by atoms with van der Waals surface area (Å²) in [5.41, 5.74) is 4.72. The number of hydrogen-bond acceptors (Lipinski definition) is 10. The monoisotopic (exact) mass is 600 g/mol. The van der Waals surface area contributed by atoms with Crippen LogP contribution in [-0.4, -0.2) is 76.5 Å². The van der Waals surface area contributed by atoms with E-state index >= 15 is 0 Å². The summed E-state index contributed by atoms with van der Waals surface area (Å²) in [6.07, 6.45) is 5.09. The van der Waals surface area contributed by atoms with Gasteiger partial charge in [-0.05, 0) is 42.9 Å². The van der Waals surface area contributed by atoms with Crippen molar-refractivity contribution in [3.05, 3.63) is 43.3 Å². The fourth-order valence-corrected chi connectivity index (χ4v) is 6.42. The summed E-state index contributed by atoms with van der Waals surface area (Å²) in [6.45, 7) is 9.21. The fraction of sp³-hybridized carbons (Fsp3) is 0.536. The zero-order valence-corrected chi connectivity index (χ0v) is 24.6. The van der Waals surface area contributed by atoms with Crippen LogP contribution in [0.25, 0.3) is 11.5 Å². The molecular formula is C28H36N6O7S. The van der Waals surface area contributed by atoms with E-state index in [4.69, 9.17) is 14.9 Å². The van der Waals surface area contributed by atoms with Crippen molar-refractivity contribution < 1.29 is 32.0 Å². The molecule has 5 atom stereocenters. The molecule has 5 rings (SSSR count). The van der Waals surface area contributed by atoms with Crippen LogP contribution in [0.15, 0.2) is 47.7 Å². The Morgan fingerprint density at radius 3 is 2.62 bits per heavy atom. The van der Waals surface area contributed by atoms with Crippen LogP contribution >= 0.6 is 0 Å². The molecule has 2 aromatic rings. The summed E-state index contributed by atoms with van der Waals surface area (Å²) in [4.78, 5) is 50.4. The zero-order valence-electron chi connectivity index (χ0n) is 23.8. The SMILES string of the molecule is C=CC1CC1(NC(=O)C1CC(Oc2nccc(-c3ccco3)n2)CN1C(=O)C(N)C(C)(C)C)C(=O)NS(=O)(=O)C1CC1. The molecule has 5 unspecified atom stereocenters. The molecule has 226 valence electrons. The van der Waals surface area contributed by atoms with E-state index in [0.717, 1.165) is 0 Å². The molecule has 0 radical (unpaired) electrons. The first-order valence-corrected chi connectivity index (χ1v) is 15.4. The Morgan fingerprint density at radius 1 is 1.29 bits per heavy atom. The maximum absolute atomic E-state index is 13.8. The van der Waals surface area contributed by atoms with Crippen LogP contribution in [0.4, 0.5) is 0 Å². The van der Waals surface area contributed by atoms with Crippen molar-refractivity contribution in [2.75, 3.05) is 6.54 Å². The third kappa shape index (κ3) is 5.91. The highest BCUT2D eigenvalue weighted by molar-refractivity contribution is 7.91. The number of amides is 3. The van der Waals surface area contributed by atoms with Gasteiger partial charge in [-0.3, -0.25) is 19.1 Å². The Balaban J connectivity index is 1.36. The Labute approximate surface area is 244 Å². The molecule has 3 heterocycles. The van der Waals surface area contributed by atoms with Crippen molar-refractivity contribution in [3.8, 4) is 17.5 Å². The Kier molecular flexibility index (Phi) is 7.64. The van der Waals surface area contributed by atoms with Crippen LogP contribution in [0.3, 0.4) is 0 Å². The van der Waals surface area contributed by atoms with Crippen LogP contribution in [-0.2, 0) is 24.4 Å². The first-order chi connectivity index (χ1) is 19.7. The van der Waals surface area contributed by atoms with Crippen molar-refractivity contribution in [3.63, 3.8) is 0 Å². The predicted octanol–water partition coefficient (Wildman–Crippen LogP) is 1.13. The molecular weight excluding hydrogens is 564 g/mol. The van der Waals surface area contributed by atoms with Crippen LogP contribution in [0.5, 0.6) is 6.01 Å². The number of carbonyl (C=O) groups is 3. The number of nitrogens with one attached hydrogen (secondary N) is 2. The lowest BCUT2D eigenvalue weighted by Gasteiger charge is -2.33. The average molecular weight is 601 g/mol. The van der Waals surface area contributed by atoms with E-state index in [9.17, 15) is 22.8 Å². The number of likely N-dealkylation sites (tertiary alicyclic amines) is 1. The lowest BCUT2D eigenvalue weighted by Crippen LogP contribution is -2.59. The second kappa shape index (κ2) is 10.8. The highest BCUT2D eigenvalue weighted by Gasteiger charge is 2.62. The van der Waals surface area contributed by atoms with Gasteiger partial charge in [0.25, 0.3) is 5.91 Å². The second-order valence-corrected chi connectivity index (χ2v) is 14.2. The first-order valence-electron chi connectivity index (χ1n) is 13.9. The van der Waals surface area contributed by atoms with E-state index in [-0.39, 0.29) is 25.4 Å². The number of aromatic nitrogens is 2. The van der Waals surface area contributed by atoms with Gasteiger partial charge in [-0.15, -0.1) is 6.58 Å². The Bertz CT molecular complexity index is 1480. The van der Waals surface area contributed by atoms with Gasteiger partial charge < -0.3 is 25.1 Å². The molecule has 3 fully saturated rings. The van der Waals surface area contributed by atoms with Crippen LogP contribution < -0.4 is 20.5 Å². The summed E-state index contributed by atoms with van der Waals surface area (Å²) < 4.78 is 38.5. The van der Waals surface area contributed by atoms with Gasteiger partial charge >= 0.3 is 6.01 Å². The Morgan fingerprint density at radius 2 is 2.02 bits per heavy atom. The number of ether oxygens (including phenoxy) is 1. The lowest BCUT2D eigenvalue weighted by atomic mass is 9.86. The maximum atomic E-state index is 13.8. The quantitative estimate of drug-likeness (QED) is 0.334. The van der Waals surface area contributed by atoms with Gasteiger partial charge in [-0.1, -0.05) is 26.8 Å². The topological polar surface area (TPSA) is 187 Å². The van der Waals surface area contributed by atoms with Crippen molar-refractivity contribution in [1.29, 1.82) is 0 Å². The zero-order chi connectivity index (χ0) is 30.4. The summed E-state index contributed by atoms with van der Waals surface area (Å²) in [7, 11) is -3.84. The first kappa shape index (κ1) is 29.7. The lowest BCUT2D eigenvalue weighted by molar-refractivity contribution is -0.142. The minimum atomic E-state index is -3.84. The molecule has 2 saturated carbocycles. The maximum Gasteiger partial charge on any atom is 0.317 e. The third-order valence-electron chi connectivity index (χ3n) is 7.98. The molecule has 14 heteroatoms. The third-order valence-corrected chi connectivity index (χ3v) is 9.79. The molecule has 0 spiro atoms. The number of hydrogen-bond donors (Lipinski definition) is 3. The number of nitrogens with zero attached hydrogens (tertiary/aromatic N) is 3. The molecule has 1 saturated heterocycles. The number of rotatable bonds is 10. The molecule has 0 aromatic carbocycles. The minimum Gasteiger partial charge on any atom is -0.463 e. The summed E-state index contributed by atoms with van der Waals surface area (Å²) in [5.74, 6) is -1.84. The van der Waals surface area contributed by atoms with E-state index < -0.39 is 68.1 Å². The number of carbonyl (C=O) groups excluding carboxylic acids is 3. The van der Waals surface area contributed by atoms with Crippen LogP contribution in [0, 0.1) is 11.3 Å². The minimum absolute atomic E-state index is 0.0230. The second-order valence-electron chi connectivity index (χ2n) is 12.2. The summed E-state index contributed by atoms with van der Waals surface area (Å²) >= 11 is 0. The highest BCUT2D eigenvalue weighted by atomic mass is 32.2. The molecule has 3 aliphatic rings. The van der Waals surface area contributed by atoms with Gasteiger partial charge in [-0.2, -0.15) is 4.98 Å². The molecule has 2 aromatic heterocycles. The van der Waals surface area contributed by atoms with Gasteiger partial charge in [0.2, 0.25) is 21.8 Å². The van der Waals surface area contributed by atoms with Gasteiger partial charge in [-0.25, -0.2) is 13.4 Å². The van der Waals surface area contributed by atoms with E-state index in [1.807, 2.05) is 20.8 Å². The van der Waals surface area contributed by atoms with Gasteiger partial charge in [0.15, 0.2) is 5.76 Å².